The predicted molar refractivity (Wildman–Crippen MR) is 40.1 cm³/mol. The number of nitrogens with two attached hydrogens (primary N) is 1. The summed E-state index contributed by atoms with van der Waals surface area (Å²) in [5.74, 6) is 2.61. The molecular formula is C8H17N. The predicted octanol–water partition coefficient (Wildman–Crippen LogP) is 1.63. The molecule has 0 aromatic rings. The molecule has 0 aromatic heterocycles. The van der Waals surface area contributed by atoms with Gasteiger partial charge in [-0.1, -0.05) is 20.3 Å². The molecule has 9 heavy (non-hydrogen) atoms. The summed E-state index contributed by atoms with van der Waals surface area (Å²) < 4.78 is 0. The highest BCUT2D eigenvalue weighted by Crippen LogP contribution is 2.35. The quantitative estimate of drug-likeness (QED) is 0.569. The maximum absolute atomic E-state index is 5.59. The fraction of sp³-hybridized carbons (Fsp3) is 1.00. The standard InChI is InChI=1S/C8H17N/c1-6-3-4-8(5-9)7(6)2/h6-8H,3-5,9H2,1-2H3/t6?,7?,8-/m1/s1. The van der Waals surface area contributed by atoms with Crippen molar-refractivity contribution in [1.29, 1.82) is 0 Å². The minimum atomic E-state index is 0.819. The number of rotatable bonds is 1. The van der Waals surface area contributed by atoms with Crippen molar-refractivity contribution < 1.29 is 0 Å². The summed E-state index contributed by atoms with van der Waals surface area (Å²) in [4.78, 5) is 0. The van der Waals surface area contributed by atoms with Crippen molar-refractivity contribution in [2.45, 2.75) is 26.7 Å². The average Bonchev–Trinajstić information content (AvgIpc) is 2.15. The SMILES string of the molecule is CC1CC[C@H](CN)C1C. The second kappa shape index (κ2) is 2.70. The van der Waals surface area contributed by atoms with Gasteiger partial charge in [0.2, 0.25) is 0 Å². The van der Waals surface area contributed by atoms with E-state index in [-0.39, 0.29) is 0 Å². The summed E-state index contributed by atoms with van der Waals surface area (Å²) >= 11 is 0. The molecule has 0 saturated heterocycles. The highest BCUT2D eigenvalue weighted by atomic mass is 14.6. The van der Waals surface area contributed by atoms with Crippen LogP contribution in [0.3, 0.4) is 0 Å². The normalized spacial score (nSPS) is 43.7. The summed E-state index contributed by atoms with van der Waals surface area (Å²) in [6.07, 6.45) is 2.75. The first kappa shape index (κ1) is 7.07. The third kappa shape index (κ3) is 1.26. The van der Waals surface area contributed by atoms with Crippen LogP contribution in [0.15, 0.2) is 0 Å². The minimum absolute atomic E-state index is 0.819. The van der Waals surface area contributed by atoms with Crippen LogP contribution in [0, 0.1) is 17.8 Å². The summed E-state index contributed by atoms with van der Waals surface area (Å²) in [5, 5.41) is 0. The first-order valence-corrected chi connectivity index (χ1v) is 3.95. The van der Waals surface area contributed by atoms with Gasteiger partial charge in [-0.2, -0.15) is 0 Å². The van der Waals surface area contributed by atoms with Gasteiger partial charge in [-0.05, 0) is 30.7 Å². The van der Waals surface area contributed by atoms with E-state index in [1.807, 2.05) is 0 Å². The average molecular weight is 127 g/mol. The lowest BCUT2D eigenvalue weighted by molar-refractivity contribution is 0.364. The molecule has 0 aromatic carbocycles. The van der Waals surface area contributed by atoms with Gasteiger partial charge in [0.1, 0.15) is 0 Å². The molecule has 0 radical (unpaired) electrons. The van der Waals surface area contributed by atoms with Gasteiger partial charge in [0.25, 0.3) is 0 Å². The zero-order valence-corrected chi connectivity index (χ0v) is 6.43. The van der Waals surface area contributed by atoms with Crippen molar-refractivity contribution in [2.24, 2.45) is 23.5 Å². The number of hydrogen-bond donors (Lipinski definition) is 1. The van der Waals surface area contributed by atoms with Crippen LogP contribution in [-0.4, -0.2) is 6.54 Å². The Balaban J connectivity index is 2.41. The largest absolute Gasteiger partial charge is 0.330 e. The highest BCUT2D eigenvalue weighted by Gasteiger charge is 2.27. The molecule has 1 aliphatic rings. The second-order valence-corrected chi connectivity index (χ2v) is 3.41. The minimum Gasteiger partial charge on any atom is -0.330 e. The van der Waals surface area contributed by atoms with E-state index in [2.05, 4.69) is 13.8 Å². The van der Waals surface area contributed by atoms with Crippen LogP contribution in [0.2, 0.25) is 0 Å². The molecule has 1 rings (SSSR count). The van der Waals surface area contributed by atoms with E-state index in [0.717, 1.165) is 24.3 Å². The molecule has 0 aliphatic heterocycles. The van der Waals surface area contributed by atoms with Crippen LogP contribution >= 0.6 is 0 Å². The molecule has 0 heterocycles. The first-order valence-electron chi connectivity index (χ1n) is 3.95. The van der Waals surface area contributed by atoms with Crippen LogP contribution in [0.1, 0.15) is 26.7 Å². The lowest BCUT2D eigenvalue weighted by atomic mass is 9.93. The molecule has 0 spiro atoms. The zero-order chi connectivity index (χ0) is 6.85. The van der Waals surface area contributed by atoms with E-state index in [1.165, 1.54) is 12.8 Å². The van der Waals surface area contributed by atoms with Crippen molar-refractivity contribution in [3.8, 4) is 0 Å². The maximum atomic E-state index is 5.59. The maximum Gasteiger partial charge on any atom is -0.00462 e. The van der Waals surface area contributed by atoms with Gasteiger partial charge in [0, 0.05) is 0 Å². The Bertz CT molecular complexity index is 90.6. The lowest BCUT2D eigenvalue weighted by Gasteiger charge is -2.14. The summed E-state index contributed by atoms with van der Waals surface area (Å²) in [6.45, 7) is 5.56. The molecule has 2 N–H and O–H groups in total. The zero-order valence-electron chi connectivity index (χ0n) is 6.43. The van der Waals surface area contributed by atoms with Crippen molar-refractivity contribution in [3.05, 3.63) is 0 Å². The molecule has 1 saturated carbocycles. The van der Waals surface area contributed by atoms with Crippen LogP contribution in [0.4, 0.5) is 0 Å². The molecule has 1 nitrogen and oxygen atoms in total. The van der Waals surface area contributed by atoms with Gasteiger partial charge < -0.3 is 5.73 Å². The topological polar surface area (TPSA) is 26.0 Å². The Kier molecular flexibility index (Phi) is 2.12. The fourth-order valence-corrected chi connectivity index (χ4v) is 1.80. The van der Waals surface area contributed by atoms with Crippen LogP contribution < -0.4 is 5.73 Å². The summed E-state index contributed by atoms with van der Waals surface area (Å²) in [5.41, 5.74) is 5.59. The third-order valence-corrected chi connectivity index (χ3v) is 2.94. The van der Waals surface area contributed by atoms with Gasteiger partial charge in [0.15, 0.2) is 0 Å². The smallest absolute Gasteiger partial charge is 0.00462 e. The summed E-state index contributed by atoms with van der Waals surface area (Å²) in [7, 11) is 0. The Labute approximate surface area is 57.6 Å². The highest BCUT2D eigenvalue weighted by molar-refractivity contribution is 4.79. The first-order chi connectivity index (χ1) is 4.25. The monoisotopic (exact) mass is 127 g/mol. The van der Waals surface area contributed by atoms with E-state index in [0.29, 0.717) is 0 Å². The molecule has 1 aliphatic carbocycles. The van der Waals surface area contributed by atoms with Crippen LogP contribution in [0.25, 0.3) is 0 Å². The van der Waals surface area contributed by atoms with Crippen molar-refractivity contribution in [3.63, 3.8) is 0 Å². The molecule has 2 unspecified atom stereocenters. The Morgan fingerprint density at radius 1 is 1.33 bits per heavy atom. The van der Waals surface area contributed by atoms with Crippen LogP contribution in [-0.2, 0) is 0 Å². The molecule has 1 heteroatoms. The molecule has 3 atom stereocenters. The summed E-state index contributed by atoms with van der Waals surface area (Å²) in [6, 6.07) is 0. The molecular weight excluding hydrogens is 110 g/mol. The molecule has 54 valence electrons. The Hall–Kier alpha value is -0.0400. The van der Waals surface area contributed by atoms with Crippen LogP contribution in [0.5, 0.6) is 0 Å². The molecule has 1 fully saturated rings. The van der Waals surface area contributed by atoms with Crippen molar-refractivity contribution in [1.82, 2.24) is 0 Å². The van der Waals surface area contributed by atoms with Crippen molar-refractivity contribution >= 4 is 0 Å². The van der Waals surface area contributed by atoms with E-state index in [4.69, 9.17) is 5.73 Å². The third-order valence-electron chi connectivity index (χ3n) is 2.94. The fourth-order valence-electron chi connectivity index (χ4n) is 1.80. The number of hydrogen-bond acceptors (Lipinski definition) is 1. The van der Waals surface area contributed by atoms with Gasteiger partial charge in [-0.15, -0.1) is 0 Å². The second-order valence-electron chi connectivity index (χ2n) is 3.41. The Morgan fingerprint density at radius 2 is 2.00 bits per heavy atom. The lowest BCUT2D eigenvalue weighted by Crippen LogP contribution is -2.18. The molecule has 0 amide bonds. The van der Waals surface area contributed by atoms with E-state index >= 15 is 0 Å². The van der Waals surface area contributed by atoms with Gasteiger partial charge in [-0.3, -0.25) is 0 Å². The molecule has 0 bridgehead atoms. The van der Waals surface area contributed by atoms with Gasteiger partial charge in [0.05, 0.1) is 0 Å². The van der Waals surface area contributed by atoms with Gasteiger partial charge >= 0.3 is 0 Å². The van der Waals surface area contributed by atoms with Gasteiger partial charge in [-0.25, -0.2) is 0 Å². The van der Waals surface area contributed by atoms with Crippen molar-refractivity contribution in [2.75, 3.05) is 6.54 Å². The van der Waals surface area contributed by atoms with E-state index < -0.39 is 0 Å². The van der Waals surface area contributed by atoms with E-state index in [9.17, 15) is 0 Å². The Morgan fingerprint density at radius 3 is 2.22 bits per heavy atom. The van der Waals surface area contributed by atoms with E-state index in [1.54, 1.807) is 0 Å².